The number of nitrogens with two attached hydrogens (primary N) is 1. The molecule has 0 spiro atoms. The molecule has 0 bridgehead atoms. The first-order valence-electron chi connectivity index (χ1n) is 25.2. The molecule has 1 aromatic heterocycles. The lowest BCUT2D eigenvalue weighted by atomic mass is 9.96. The van der Waals surface area contributed by atoms with Gasteiger partial charge in [-0.1, -0.05) is 13.3 Å². The summed E-state index contributed by atoms with van der Waals surface area (Å²) in [5, 5.41) is 26.0. The molecule has 1 unspecified atom stereocenters. The van der Waals surface area contributed by atoms with Crippen LogP contribution in [0.15, 0.2) is 16.6 Å². The number of aliphatic hydroxyl groups excluding tert-OH is 1. The summed E-state index contributed by atoms with van der Waals surface area (Å²) in [5.74, 6) is -0.786. The van der Waals surface area contributed by atoms with Crippen LogP contribution in [0.3, 0.4) is 0 Å². The molecule has 0 aromatic carbocycles. The van der Waals surface area contributed by atoms with Crippen molar-refractivity contribution >= 4 is 46.9 Å². The smallest absolute Gasteiger partial charge is 0.407 e. The minimum atomic E-state index is -0.882. The molecule has 23 heteroatoms. The van der Waals surface area contributed by atoms with Gasteiger partial charge in [0.25, 0.3) is 5.91 Å². The van der Waals surface area contributed by atoms with Crippen molar-refractivity contribution in [3.8, 4) is 0 Å². The van der Waals surface area contributed by atoms with Crippen LogP contribution in [0.25, 0.3) is 6.08 Å². The van der Waals surface area contributed by atoms with E-state index in [1.807, 2.05) is 19.1 Å². The van der Waals surface area contributed by atoms with Crippen molar-refractivity contribution in [1.29, 1.82) is 0 Å². The van der Waals surface area contributed by atoms with Crippen LogP contribution < -0.4 is 16.4 Å². The number of aryl methyl sites for hydroxylation is 1. The summed E-state index contributed by atoms with van der Waals surface area (Å²) in [5.41, 5.74) is 7.52. The number of nitrogens with zero attached hydrogens (tertiary/aromatic N) is 2. The highest BCUT2D eigenvalue weighted by atomic mass is 32.1. The van der Waals surface area contributed by atoms with E-state index < -0.39 is 18.3 Å². The van der Waals surface area contributed by atoms with Gasteiger partial charge in [0.1, 0.15) is 18.2 Å². The fourth-order valence-electron chi connectivity index (χ4n) is 6.48. The second-order valence-corrected chi connectivity index (χ2v) is 17.5. The molecule has 2 amide bonds. The van der Waals surface area contributed by atoms with E-state index >= 15 is 0 Å². The second-order valence-electron chi connectivity index (χ2n) is 16.4. The maximum absolute atomic E-state index is 13.5. The van der Waals surface area contributed by atoms with Gasteiger partial charge in [-0.15, -0.1) is 11.3 Å². The van der Waals surface area contributed by atoms with Crippen LogP contribution in [0.5, 0.6) is 0 Å². The van der Waals surface area contributed by atoms with Crippen molar-refractivity contribution in [3.63, 3.8) is 0 Å². The molecule has 0 saturated heterocycles. The van der Waals surface area contributed by atoms with Gasteiger partial charge < -0.3 is 73.4 Å². The molecule has 1 aliphatic carbocycles. The number of unbranched alkanes of at least 4 members (excludes halogenated alkanes) is 2. The molecule has 2 heterocycles. The molecule has 1 saturated carbocycles. The summed E-state index contributed by atoms with van der Waals surface area (Å²) in [7, 11) is 0. The number of carboxylic acid groups (broad SMARTS) is 1. The van der Waals surface area contributed by atoms with Crippen LogP contribution in [0.2, 0.25) is 0 Å². The van der Waals surface area contributed by atoms with Gasteiger partial charge in [-0.25, -0.2) is 14.9 Å². The molecule has 1 aliphatic heterocycles. The molecule has 2 aliphatic rings. The quantitative estimate of drug-likeness (QED) is 0.0354. The number of aliphatic carboxylic acids is 1. The van der Waals surface area contributed by atoms with Crippen LogP contribution in [-0.4, -0.2) is 210 Å². The average Bonchev–Trinajstić information content (AvgIpc) is 3.63. The van der Waals surface area contributed by atoms with Crippen molar-refractivity contribution in [2.45, 2.75) is 89.9 Å². The van der Waals surface area contributed by atoms with E-state index in [9.17, 15) is 19.5 Å². The fraction of sp³-hybridized carbons (Fsp3) is 0.792. The predicted molar refractivity (Wildman–Crippen MR) is 265 cm³/mol. The number of aliphatic imine (C=N–C) groups is 1. The van der Waals surface area contributed by atoms with Crippen LogP contribution >= 0.6 is 11.3 Å². The van der Waals surface area contributed by atoms with E-state index in [4.69, 9.17) is 67.8 Å². The highest BCUT2D eigenvalue weighted by Gasteiger charge is 2.24. The van der Waals surface area contributed by atoms with Crippen molar-refractivity contribution in [2.75, 3.05) is 158 Å². The van der Waals surface area contributed by atoms with Crippen LogP contribution in [-0.2, 0) is 73.0 Å². The molecule has 1 aromatic rings. The van der Waals surface area contributed by atoms with Crippen molar-refractivity contribution < 1.29 is 81.5 Å². The van der Waals surface area contributed by atoms with E-state index in [0.29, 0.717) is 163 Å². The summed E-state index contributed by atoms with van der Waals surface area (Å²) in [6, 6.07) is 2.04. The zero-order valence-electron chi connectivity index (χ0n) is 42.0. The Morgan fingerprint density at radius 2 is 1.25 bits per heavy atom. The lowest BCUT2D eigenvalue weighted by Crippen LogP contribution is -2.38. The Bertz CT molecular complexity index is 1600. The summed E-state index contributed by atoms with van der Waals surface area (Å²) >= 11 is 1.61. The zero-order chi connectivity index (χ0) is 50.8. The van der Waals surface area contributed by atoms with E-state index in [2.05, 4.69) is 15.6 Å². The van der Waals surface area contributed by atoms with Gasteiger partial charge in [-0.2, -0.15) is 0 Å². The van der Waals surface area contributed by atoms with E-state index in [1.165, 1.54) is 9.94 Å². The van der Waals surface area contributed by atoms with Gasteiger partial charge in [0.05, 0.1) is 156 Å². The van der Waals surface area contributed by atoms with E-state index in [1.54, 1.807) is 11.3 Å². The molecule has 0 radical (unpaired) electrons. The number of nitrogens with one attached hydrogen (secondary N) is 2. The van der Waals surface area contributed by atoms with Crippen molar-refractivity contribution in [1.82, 2.24) is 15.7 Å². The number of aliphatic hydroxyl groups is 1. The van der Waals surface area contributed by atoms with Gasteiger partial charge in [0, 0.05) is 36.4 Å². The number of hydrogen-bond acceptors (Lipinski definition) is 20. The Hall–Kier alpha value is -3.40. The van der Waals surface area contributed by atoms with Gasteiger partial charge in [-0.3, -0.25) is 19.7 Å². The number of fused-ring (bicyclic) bond motifs is 1. The largest absolute Gasteiger partial charge is 0.481 e. The first-order valence-corrected chi connectivity index (χ1v) is 26.0. The number of thiophene rings is 1. The molecular formula is C48H83N5O17S. The Morgan fingerprint density at radius 3 is 1.75 bits per heavy atom. The Balaban J connectivity index is 1.04. The highest BCUT2D eigenvalue weighted by molar-refractivity contribution is 7.13. The third kappa shape index (κ3) is 32.4. The molecule has 71 heavy (non-hydrogen) atoms. The van der Waals surface area contributed by atoms with E-state index in [-0.39, 0.29) is 44.6 Å². The molecular weight excluding hydrogens is 951 g/mol. The Kier molecular flexibility index (Phi) is 36.6. The number of hydrogen-bond donors (Lipinski definition) is 5. The summed E-state index contributed by atoms with van der Waals surface area (Å²) in [6.45, 7) is 12.1. The van der Waals surface area contributed by atoms with Gasteiger partial charge >= 0.3 is 12.1 Å². The number of amidine groups is 1. The number of alkyl carbamates (subject to hydrolysis) is 1. The summed E-state index contributed by atoms with van der Waals surface area (Å²) < 4.78 is 59.8. The molecule has 1 fully saturated rings. The van der Waals surface area contributed by atoms with Crippen LogP contribution in [0.4, 0.5) is 10.5 Å². The minimum absolute atomic E-state index is 0.00134. The molecule has 1 atom stereocenters. The predicted octanol–water partition coefficient (Wildman–Crippen LogP) is 3.62. The number of carbonyl (C=O) groups excluding carboxylic acids is 2. The van der Waals surface area contributed by atoms with Crippen molar-refractivity contribution in [2.24, 2.45) is 10.7 Å². The molecule has 408 valence electrons. The first-order chi connectivity index (χ1) is 34.7. The number of hydroxylamine groups is 2. The number of ether oxygens (including phenoxy) is 11. The Morgan fingerprint density at radius 1 is 0.732 bits per heavy atom. The maximum Gasteiger partial charge on any atom is 0.407 e. The van der Waals surface area contributed by atoms with Gasteiger partial charge in [0.15, 0.2) is 0 Å². The highest BCUT2D eigenvalue weighted by Crippen LogP contribution is 2.35. The number of amides is 2. The second kappa shape index (κ2) is 42.0. The molecule has 6 N–H and O–H groups in total. The molecule has 3 rings (SSSR count). The monoisotopic (exact) mass is 1030 g/mol. The lowest BCUT2D eigenvalue weighted by Gasteiger charge is -2.25. The summed E-state index contributed by atoms with van der Waals surface area (Å²) in [4.78, 5) is 48.3. The van der Waals surface area contributed by atoms with Crippen LogP contribution in [0, 0.1) is 0 Å². The van der Waals surface area contributed by atoms with E-state index in [0.717, 1.165) is 55.5 Å². The summed E-state index contributed by atoms with van der Waals surface area (Å²) in [6.07, 6.45) is 8.76. The third-order valence-electron chi connectivity index (χ3n) is 10.4. The van der Waals surface area contributed by atoms with Crippen LogP contribution in [0.1, 0.15) is 80.9 Å². The van der Waals surface area contributed by atoms with Gasteiger partial charge in [0.2, 0.25) is 0 Å². The minimum Gasteiger partial charge on any atom is -0.481 e. The number of rotatable bonds is 48. The van der Waals surface area contributed by atoms with Crippen molar-refractivity contribution in [3.05, 3.63) is 21.4 Å². The standard InChI is InChI=1S/C48H83N5O17S/c1-2-14-53(69-17-13-51-48(58)70-40-7-6-8-40)47(57)39-36-43-42(52-44(49)37-39)38-41(71-43)9-4-3-5-12-50-45(54)10-15-59-18-20-61-22-24-63-26-28-65-30-32-67-34-35-68-33-31-66-29-27-64-25-23-62-21-19-60-16-11-46(55)56/h36,38,40,45,50,54H,2-35,37H2,1H3,(H2,49,52)(H,51,58)(H,55,56). The molecule has 22 nitrogen and oxygen atoms in total. The Labute approximate surface area is 423 Å². The normalized spacial score (nSPS) is 14.1. The number of carbonyl (C=O) groups is 3. The number of carboxylic acids is 1. The third-order valence-corrected chi connectivity index (χ3v) is 11.6. The first kappa shape index (κ1) is 61.9. The van der Waals surface area contributed by atoms with Gasteiger partial charge in [-0.05, 0) is 63.6 Å². The SMILES string of the molecule is CCCN(OCCNC(=O)OC1CCC1)C(=O)C1=Cc2sc(CCCCCNC(O)CCOCCOCCOCCOCCOCCOCCOCCOCCOCCOCCC(=O)O)cc2N=C(N)C1. The zero-order valence-corrected chi connectivity index (χ0v) is 42.8. The lowest BCUT2D eigenvalue weighted by molar-refractivity contribution is -0.181. The maximum atomic E-state index is 13.5. The fourth-order valence-corrected chi connectivity index (χ4v) is 7.59. The topological polar surface area (TPSA) is 268 Å². The average molecular weight is 1030 g/mol.